The number of nitro groups is 1. The summed E-state index contributed by atoms with van der Waals surface area (Å²) in [6.45, 7) is 4.84. The van der Waals surface area contributed by atoms with E-state index in [1.165, 1.54) is 19.1 Å². The SMILES string of the molecule is COc1ccc([C@@H](C)NC(=O)[C@H](C)N(c2cc([N+](=O)[O-])ccc2C)S(C)(=O)=O)cc1. The fourth-order valence-electron chi connectivity index (χ4n) is 3.04. The number of non-ortho nitro benzene ring substituents is 1. The topological polar surface area (TPSA) is 119 Å². The molecule has 0 aliphatic heterocycles. The number of nitrogens with zero attached hydrogens (tertiary/aromatic N) is 2. The molecule has 1 amide bonds. The van der Waals surface area contributed by atoms with E-state index in [1.807, 2.05) is 0 Å². The van der Waals surface area contributed by atoms with Crippen LogP contribution in [0, 0.1) is 17.0 Å². The van der Waals surface area contributed by atoms with Gasteiger partial charge in [0.1, 0.15) is 11.8 Å². The molecule has 9 nitrogen and oxygen atoms in total. The van der Waals surface area contributed by atoms with Gasteiger partial charge in [0, 0.05) is 12.1 Å². The van der Waals surface area contributed by atoms with Crippen LogP contribution in [0.1, 0.15) is 31.0 Å². The smallest absolute Gasteiger partial charge is 0.271 e. The summed E-state index contributed by atoms with van der Waals surface area (Å²) in [4.78, 5) is 23.4. The largest absolute Gasteiger partial charge is 0.497 e. The van der Waals surface area contributed by atoms with Crippen molar-refractivity contribution in [1.29, 1.82) is 0 Å². The maximum atomic E-state index is 12.9. The molecule has 0 unspecified atom stereocenters. The van der Waals surface area contributed by atoms with Crippen molar-refractivity contribution in [2.45, 2.75) is 32.9 Å². The molecule has 0 aromatic heterocycles. The summed E-state index contributed by atoms with van der Waals surface area (Å²) in [7, 11) is -2.35. The highest BCUT2D eigenvalue weighted by atomic mass is 32.2. The molecular formula is C20H25N3O6S. The Morgan fingerprint density at radius 3 is 2.27 bits per heavy atom. The van der Waals surface area contributed by atoms with Crippen LogP contribution in [0.5, 0.6) is 5.75 Å². The molecule has 0 fully saturated rings. The molecular weight excluding hydrogens is 410 g/mol. The van der Waals surface area contributed by atoms with Gasteiger partial charge in [0.05, 0.1) is 30.0 Å². The molecule has 0 heterocycles. The van der Waals surface area contributed by atoms with Crippen LogP contribution in [0.3, 0.4) is 0 Å². The zero-order chi connectivity index (χ0) is 22.6. The second kappa shape index (κ2) is 9.12. The lowest BCUT2D eigenvalue weighted by atomic mass is 10.1. The van der Waals surface area contributed by atoms with E-state index in [4.69, 9.17) is 4.74 Å². The third-order valence-electron chi connectivity index (χ3n) is 4.70. The highest BCUT2D eigenvalue weighted by molar-refractivity contribution is 7.92. The van der Waals surface area contributed by atoms with E-state index in [-0.39, 0.29) is 11.4 Å². The number of nitro benzene ring substituents is 1. The van der Waals surface area contributed by atoms with Crippen molar-refractivity contribution in [3.63, 3.8) is 0 Å². The first kappa shape index (κ1) is 23.1. The quantitative estimate of drug-likeness (QED) is 0.503. The summed E-state index contributed by atoms with van der Waals surface area (Å²) in [6, 6.07) is 9.51. The summed E-state index contributed by atoms with van der Waals surface area (Å²) >= 11 is 0. The minimum Gasteiger partial charge on any atom is -0.497 e. The van der Waals surface area contributed by atoms with Gasteiger partial charge in [0.15, 0.2) is 0 Å². The van der Waals surface area contributed by atoms with Gasteiger partial charge in [0.25, 0.3) is 5.69 Å². The van der Waals surface area contributed by atoms with E-state index in [9.17, 15) is 23.3 Å². The van der Waals surface area contributed by atoms with E-state index < -0.39 is 32.9 Å². The number of nitrogens with one attached hydrogen (secondary N) is 1. The van der Waals surface area contributed by atoms with Gasteiger partial charge in [-0.3, -0.25) is 19.2 Å². The molecule has 0 bridgehead atoms. The fourth-order valence-corrected chi connectivity index (χ4v) is 4.26. The van der Waals surface area contributed by atoms with Crippen LogP contribution in [0.25, 0.3) is 0 Å². The molecule has 0 aliphatic carbocycles. The second-order valence-corrected chi connectivity index (χ2v) is 8.83. The van der Waals surface area contributed by atoms with Crippen LogP contribution in [-0.4, -0.2) is 38.7 Å². The molecule has 0 spiro atoms. The second-order valence-electron chi connectivity index (χ2n) is 6.97. The number of ether oxygens (including phenoxy) is 1. The predicted octanol–water partition coefficient (Wildman–Crippen LogP) is 2.94. The van der Waals surface area contributed by atoms with Crippen molar-refractivity contribution in [3.8, 4) is 5.75 Å². The first-order valence-corrected chi connectivity index (χ1v) is 11.0. The van der Waals surface area contributed by atoms with Crippen LogP contribution < -0.4 is 14.4 Å². The average molecular weight is 436 g/mol. The third-order valence-corrected chi connectivity index (χ3v) is 5.93. The molecule has 2 aromatic rings. The molecule has 1 N–H and O–H groups in total. The lowest BCUT2D eigenvalue weighted by Gasteiger charge is -2.30. The van der Waals surface area contributed by atoms with Crippen molar-refractivity contribution in [3.05, 3.63) is 63.7 Å². The van der Waals surface area contributed by atoms with Crippen molar-refractivity contribution < 1.29 is 22.9 Å². The number of anilines is 1. The first-order chi connectivity index (χ1) is 14.0. The zero-order valence-electron chi connectivity index (χ0n) is 17.4. The highest BCUT2D eigenvalue weighted by Gasteiger charge is 2.31. The molecule has 10 heteroatoms. The van der Waals surface area contributed by atoms with Gasteiger partial charge in [-0.1, -0.05) is 18.2 Å². The summed E-state index contributed by atoms with van der Waals surface area (Å²) in [5.74, 6) is 0.143. The van der Waals surface area contributed by atoms with Crippen molar-refractivity contribution in [2.24, 2.45) is 0 Å². The van der Waals surface area contributed by atoms with Gasteiger partial charge in [-0.2, -0.15) is 0 Å². The predicted molar refractivity (Wildman–Crippen MR) is 114 cm³/mol. The third kappa shape index (κ3) is 5.26. The number of methoxy groups -OCH3 is 1. The van der Waals surface area contributed by atoms with Crippen LogP contribution in [0.15, 0.2) is 42.5 Å². The van der Waals surface area contributed by atoms with Gasteiger partial charge in [-0.05, 0) is 44.0 Å². The summed E-state index contributed by atoms with van der Waals surface area (Å²) in [6.07, 6.45) is 0.960. The molecule has 0 radical (unpaired) electrons. The van der Waals surface area contributed by atoms with Crippen LogP contribution in [0.4, 0.5) is 11.4 Å². The fraction of sp³-hybridized carbons (Fsp3) is 0.350. The van der Waals surface area contributed by atoms with E-state index in [0.29, 0.717) is 11.3 Å². The summed E-state index contributed by atoms with van der Waals surface area (Å²) in [5, 5.41) is 13.9. The number of hydrogen-bond acceptors (Lipinski definition) is 6. The Morgan fingerprint density at radius 2 is 1.77 bits per heavy atom. The number of carbonyl (C=O) groups is 1. The van der Waals surface area contributed by atoms with Crippen LogP contribution >= 0.6 is 0 Å². The van der Waals surface area contributed by atoms with Crippen molar-refractivity contribution >= 4 is 27.3 Å². The summed E-state index contributed by atoms with van der Waals surface area (Å²) < 4.78 is 31.0. The average Bonchev–Trinajstić information content (AvgIpc) is 2.68. The molecule has 2 rings (SSSR count). The molecule has 2 atom stereocenters. The van der Waals surface area contributed by atoms with Gasteiger partial charge >= 0.3 is 0 Å². The first-order valence-electron chi connectivity index (χ1n) is 9.14. The number of amides is 1. The van der Waals surface area contributed by atoms with Gasteiger partial charge in [-0.15, -0.1) is 0 Å². The van der Waals surface area contributed by atoms with E-state index in [1.54, 1.807) is 45.2 Å². The number of carbonyl (C=O) groups excluding carboxylic acids is 1. The Kier molecular flexibility index (Phi) is 7.04. The minimum absolute atomic E-state index is 0.0893. The van der Waals surface area contributed by atoms with Crippen LogP contribution in [0.2, 0.25) is 0 Å². The zero-order valence-corrected chi connectivity index (χ0v) is 18.3. The minimum atomic E-state index is -3.90. The molecule has 2 aromatic carbocycles. The summed E-state index contributed by atoms with van der Waals surface area (Å²) in [5.41, 5.74) is 1.14. The number of benzene rings is 2. The van der Waals surface area contributed by atoms with E-state index in [0.717, 1.165) is 22.2 Å². The monoisotopic (exact) mass is 435 g/mol. The lowest BCUT2D eigenvalue weighted by Crippen LogP contribution is -2.48. The maximum absolute atomic E-state index is 12.9. The van der Waals surface area contributed by atoms with Crippen molar-refractivity contribution in [1.82, 2.24) is 5.32 Å². The highest BCUT2D eigenvalue weighted by Crippen LogP contribution is 2.29. The van der Waals surface area contributed by atoms with Gasteiger partial charge in [-0.25, -0.2) is 8.42 Å². The van der Waals surface area contributed by atoms with Gasteiger partial charge < -0.3 is 10.1 Å². The standard InChI is InChI=1S/C20H25N3O6S/c1-13-6-9-17(23(25)26)12-19(13)22(30(5,27)28)15(3)20(24)21-14(2)16-7-10-18(29-4)11-8-16/h6-12,14-15H,1-5H3,(H,21,24)/t14-,15+/m1/s1. The van der Waals surface area contributed by atoms with E-state index in [2.05, 4.69) is 5.32 Å². The number of aryl methyl sites for hydroxylation is 1. The van der Waals surface area contributed by atoms with Crippen molar-refractivity contribution in [2.75, 3.05) is 17.7 Å². The van der Waals surface area contributed by atoms with Crippen LogP contribution in [-0.2, 0) is 14.8 Å². The Balaban J connectivity index is 2.33. The number of hydrogen-bond donors (Lipinski definition) is 1. The number of sulfonamides is 1. The lowest BCUT2D eigenvalue weighted by molar-refractivity contribution is -0.384. The normalized spacial score (nSPS) is 13.2. The molecule has 0 saturated heterocycles. The maximum Gasteiger partial charge on any atom is 0.271 e. The number of rotatable bonds is 8. The molecule has 0 saturated carbocycles. The Morgan fingerprint density at radius 1 is 1.17 bits per heavy atom. The van der Waals surface area contributed by atoms with E-state index >= 15 is 0 Å². The molecule has 162 valence electrons. The van der Waals surface area contributed by atoms with Gasteiger partial charge in [0.2, 0.25) is 15.9 Å². The molecule has 30 heavy (non-hydrogen) atoms. The Labute approximate surface area is 175 Å². The molecule has 0 aliphatic rings. The Hall–Kier alpha value is -3.14. The Bertz CT molecular complexity index is 1040.